The largest absolute Gasteiger partial charge is 0.381 e. The molecule has 0 atom stereocenters. The summed E-state index contributed by atoms with van der Waals surface area (Å²) < 4.78 is 12.9. The molecule has 0 aliphatic rings. The average Bonchev–Trinajstić information content (AvgIpc) is 3.15. The van der Waals surface area contributed by atoms with Gasteiger partial charge in [0, 0.05) is 44.6 Å². The number of ketones is 1. The minimum Gasteiger partial charge on any atom is -0.381 e. The summed E-state index contributed by atoms with van der Waals surface area (Å²) in [5.41, 5.74) is 0.936. The fourth-order valence-corrected chi connectivity index (χ4v) is 2.46. The number of carbonyl (C=O) groups is 2. The first kappa shape index (κ1) is 26.0. The Balaban J connectivity index is 2.05. The summed E-state index contributed by atoms with van der Waals surface area (Å²) in [5, 5.41) is 11.1. The molecular weight excluding hydrogens is 384 g/mol. The molecule has 8 heteroatoms. The van der Waals surface area contributed by atoms with Gasteiger partial charge >= 0.3 is 0 Å². The zero-order valence-corrected chi connectivity index (χ0v) is 18.9. The van der Waals surface area contributed by atoms with E-state index in [4.69, 9.17) is 9.47 Å². The summed E-state index contributed by atoms with van der Waals surface area (Å²) in [6.45, 7) is 12.0. The molecule has 0 fully saturated rings. The third-order valence-electron chi connectivity index (χ3n) is 4.21. The van der Waals surface area contributed by atoms with Crippen LogP contribution in [0.2, 0.25) is 0 Å². The van der Waals surface area contributed by atoms with Gasteiger partial charge < -0.3 is 14.8 Å². The molecule has 1 aromatic heterocycles. The van der Waals surface area contributed by atoms with Crippen LogP contribution < -0.4 is 5.32 Å². The monoisotopic (exact) mass is 422 g/mol. The molecule has 170 valence electrons. The molecule has 1 rings (SSSR count). The van der Waals surface area contributed by atoms with E-state index in [0.29, 0.717) is 32.2 Å². The lowest BCUT2D eigenvalue weighted by molar-refractivity contribution is -0.119. The van der Waals surface area contributed by atoms with E-state index >= 15 is 0 Å². The van der Waals surface area contributed by atoms with Gasteiger partial charge in [0.1, 0.15) is 0 Å². The fourth-order valence-electron chi connectivity index (χ4n) is 2.46. The molecule has 1 heterocycles. The minimum atomic E-state index is -0.235. The molecule has 8 nitrogen and oxygen atoms in total. The highest BCUT2D eigenvalue weighted by molar-refractivity contribution is 5.98. The Bertz CT molecular complexity index is 641. The Hall–Kier alpha value is -2.06. The number of allylic oxidation sites excluding steroid dienone is 1. The van der Waals surface area contributed by atoms with Gasteiger partial charge in [0.25, 0.3) is 0 Å². The minimum absolute atomic E-state index is 0.0470. The highest BCUT2D eigenvalue weighted by Crippen LogP contribution is 2.01. The standard InChI is InChI=1S/C22H38N4O4/c1-18(2)17-30-14-7-13-29-15-12-26-16-20(24-25-26)8-5-6-11-23-22(28)10-9-21(27)19(3)4/h9-10,16,18-19H,5-8,11-15,17H2,1-4H3,(H,23,28)/b10-9+. The van der Waals surface area contributed by atoms with E-state index in [1.54, 1.807) is 18.5 Å². The van der Waals surface area contributed by atoms with Crippen LogP contribution in [-0.2, 0) is 32.0 Å². The van der Waals surface area contributed by atoms with Crippen molar-refractivity contribution < 1.29 is 19.1 Å². The SMILES string of the molecule is CC(C)COCCCOCCn1cc(CCCCNC(=O)/C=C/C(=O)C(C)C)nn1. The van der Waals surface area contributed by atoms with Crippen LogP contribution in [0.3, 0.4) is 0 Å². The molecule has 0 saturated carbocycles. The number of amides is 1. The molecule has 30 heavy (non-hydrogen) atoms. The van der Waals surface area contributed by atoms with Crippen molar-refractivity contribution in [3.05, 3.63) is 24.0 Å². The second-order valence-corrected chi connectivity index (χ2v) is 8.05. The Morgan fingerprint density at radius 1 is 1.07 bits per heavy atom. The molecule has 0 saturated heterocycles. The maximum Gasteiger partial charge on any atom is 0.244 e. The number of hydrogen-bond acceptors (Lipinski definition) is 6. The van der Waals surface area contributed by atoms with Crippen LogP contribution in [0.25, 0.3) is 0 Å². The highest BCUT2D eigenvalue weighted by atomic mass is 16.5. The maximum absolute atomic E-state index is 11.6. The molecule has 0 aliphatic heterocycles. The molecular formula is C22H38N4O4. The predicted octanol–water partition coefficient (Wildman–Crippen LogP) is 2.58. The second-order valence-electron chi connectivity index (χ2n) is 8.05. The molecule has 1 aromatic rings. The Kier molecular flexibility index (Phi) is 13.6. The van der Waals surface area contributed by atoms with E-state index in [0.717, 1.165) is 44.6 Å². The van der Waals surface area contributed by atoms with Crippen molar-refractivity contribution in [3.63, 3.8) is 0 Å². The van der Waals surface area contributed by atoms with Crippen molar-refractivity contribution in [2.75, 3.05) is 33.0 Å². The lowest BCUT2D eigenvalue weighted by Crippen LogP contribution is -2.22. The predicted molar refractivity (Wildman–Crippen MR) is 116 cm³/mol. The Labute approximate surface area is 180 Å². The third kappa shape index (κ3) is 13.2. The summed E-state index contributed by atoms with van der Waals surface area (Å²) in [7, 11) is 0. The van der Waals surface area contributed by atoms with Gasteiger partial charge in [-0.05, 0) is 37.7 Å². The third-order valence-corrected chi connectivity index (χ3v) is 4.21. The Morgan fingerprint density at radius 2 is 1.83 bits per heavy atom. The second kappa shape index (κ2) is 15.7. The van der Waals surface area contributed by atoms with E-state index in [9.17, 15) is 9.59 Å². The molecule has 1 amide bonds. The highest BCUT2D eigenvalue weighted by Gasteiger charge is 2.04. The lowest BCUT2D eigenvalue weighted by atomic mass is 10.1. The van der Waals surface area contributed by atoms with Crippen molar-refractivity contribution in [1.29, 1.82) is 0 Å². The lowest BCUT2D eigenvalue weighted by Gasteiger charge is -2.07. The molecule has 1 N–H and O–H groups in total. The van der Waals surface area contributed by atoms with Crippen LogP contribution in [0, 0.1) is 11.8 Å². The van der Waals surface area contributed by atoms with Crippen LogP contribution in [0.15, 0.2) is 18.3 Å². The first-order valence-electron chi connectivity index (χ1n) is 10.9. The maximum atomic E-state index is 11.6. The van der Waals surface area contributed by atoms with E-state index < -0.39 is 0 Å². The number of hydrogen-bond donors (Lipinski definition) is 1. The van der Waals surface area contributed by atoms with Crippen LogP contribution >= 0.6 is 0 Å². The van der Waals surface area contributed by atoms with Gasteiger partial charge in [0.15, 0.2) is 5.78 Å². The van der Waals surface area contributed by atoms with Crippen molar-refractivity contribution in [2.24, 2.45) is 11.8 Å². The summed E-state index contributed by atoms with van der Waals surface area (Å²) in [5.74, 6) is 0.189. The van der Waals surface area contributed by atoms with Crippen molar-refractivity contribution in [3.8, 4) is 0 Å². The van der Waals surface area contributed by atoms with Gasteiger partial charge in [0.2, 0.25) is 5.91 Å². The first-order valence-corrected chi connectivity index (χ1v) is 10.9. The molecule has 0 radical (unpaired) electrons. The normalized spacial score (nSPS) is 11.7. The summed E-state index contributed by atoms with van der Waals surface area (Å²) >= 11 is 0. The van der Waals surface area contributed by atoms with Crippen molar-refractivity contribution in [1.82, 2.24) is 20.3 Å². The smallest absolute Gasteiger partial charge is 0.244 e. The number of ether oxygens (including phenoxy) is 2. The van der Waals surface area contributed by atoms with Gasteiger partial charge in [-0.15, -0.1) is 5.10 Å². The zero-order chi connectivity index (χ0) is 22.2. The summed E-state index contributed by atoms with van der Waals surface area (Å²) in [6.07, 6.45) is 8.03. The summed E-state index contributed by atoms with van der Waals surface area (Å²) in [4.78, 5) is 23.1. The molecule has 0 unspecified atom stereocenters. The van der Waals surface area contributed by atoms with E-state index in [1.807, 2.05) is 6.20 Å². The van der Waals surface area contributed by atoms with Gasteiger partial charge in [-0.25, -0.2) is 4.68 Å². The van der Waals surface area contributed by atoms with Crippen LogP contribution in [0.1, 0.15) is 52.7 Å². The quantitative estimate of drug-likeness (QED) is 0.306. The number of carbonyl (C=O) groups excluding carboxylic acids is 2. The van der Waals surface area contributed by atoms with Crippen LogP contribution in [0.5, 0.6) is 0 Å². The number of aromatic nitrogens is 3. The molecule has 0 bridgehead atoms. The van der Waals surface area contributed by atoms with Crippen LogP contribution in [0.4, 0.5) is 0 Å². The van der Waals surface area contributed by atoms with Crippen molar-refractivity contribution >= 4 is 11.7 Å². The van der Waals surface area contributed by atoms with Gasteiger partial charge in [-0.1, -0.05) is 32.9 Å². The summed E-state index contributed by atoms with van der Waals surface area (Å²) in [6, 6.07) is 0. The van der Waals surface area contributed by atoms with Crippen LogP contribution in [-0.4, -0.2) is 59.7 Å². The van der Waals surface area contributed by atoms with Gasteiger partial charge in [-0.2, -0.15) is 0 Å². The average molecular weight is 423 g/mol. The topological polar surface area (TPSA) is 95.3 Å². The van der Waals surface area contributed by atoms with E-state index in [2.05, 4.69) is 29.5 Å². The number of rotatable bonds is 17. The molecule has 0 aromatic carbocycles. The van der Waals surface area contributed by atoms with Gasteiger partial charge in [0.05, 0.1) is 18.8 Å². The number of nitrogens with one attached hydrogen (secondary N) is 1. The van der Waals surface area contributed by atoms with Crippen molar-refractivity contribution in [2.45, 2.75) is 59.9 Å². The molecule has 0 aliphatic carbocycles. The molecule has 0 spiro atoms. The van der Waals surface area contributed by atoms with E-state index in [1.165, 1.54) is 12.2 Å². The van der Waals surface area contributed by atoms with Gasteiger partial charge in [-0.3, -0.25) is 9.59 Å². The Morgan fingerprint density at radius 3 is 2.57 bits per heavy atom. The van der Waals surface area contributed by atoms with E-state index in [-0.39, 0.29) is 17.6 Å². The zero-order valence-electron chi connectivity index (χ0n) is 18.9. The number of aryl methyl sites for hydroxylation is 1. The number of unbranched alkanes of at least 4 members (excludes halogenated alkanes) is 1. The fraction of sp³-hybridized carbons (Fsp3) is 0.727. The number of nitrogens with zero attached hydrogens (tertiary/aromatic N) is 3. The first-order chi connectivity index (χ1) is 14.4.